The second-order valence-corrected chi connectivity index (χ2v) is 5.60. The molecule has 2 heterocycles. The molecule has 2 aromatic rings. The third kappa shape index (κ3) is 1.99. The number of nitrogens with one attached hydrogen (secondary N) is 1. The van der Waals surface area contributed by atoms with Crippen LogP contribution in [0.15, 0.2) is 23.7 Å². The van der Waals surface area contributed by atoms with Crippen molar-refractivity contribution in [3.63, 3.8) is 0 Å². The molecule has 2 rings (SSSR count). The van der Waals surface area contributed by atoms with Gasteiger partial charge in [0.25, 0.3) is 0 Å². The number of nitrogens with zero attached hydrogens (tertiary/aromatic N) is 1. The summed E-state index contributed by atoms with van der Waals surface area (Å²) >= 11 is 7.13. The first-order valence-corrected chi connectivity index (χ1v) is 6.73. The molecule has 0 aliphatic rings. The molecule has 16 heavy (non-hydrogen) atoms. The zero-order valence-corrected chi connectivity index (χ0v) is 11.4. The largest absolute Gasteiger partial charge is 0.337 e. The van der Waals surface area contributed by atoms with Gasteiger partial charge in [-0.3, -0.25) is 0 Å². The maximum atomic E-state index is 5.35. The van der Waals surface area contributed by atoms with E-state index >= 15 is 0 Å². The van der Waals surface area contributed by atoms with Gasteiger partial charge in [0.1, 0.15) is 0 Å². The SMILES string of the molecule is CC(C)c1c[nH]c(=S)n1C(C)c1cccs1. The van der Waals surface area contributed by atoms with Crippen LogP contribution in [-0.4, -0.2) is 9.55 Å². The Bertz CT molecular complexity index is 505. The summed E-state index contributed by atoms with van der Waals surface area (Å²) in [5, 5.41) is 2.11. The van der Waals surface area contributed by atoms with Crippen LogP contribution in [0, 0.1) is 4.77 Å². The van der Waals surface area contributed by atoms with Crippen molar-refractivity contribution in [1.82, 2.24) is 9.55 Å². The van der Waals surface area contributed by atoms with Crippen molar-refractivity contribution in [3.8, 4) is 0 Å². The van der Waals surface area contributed by atoms with Gasteiger partial charge in [-0.25, -0.2) is 0 Å². The van der Waals surface area contributed by atoms with Crippen molar-refractivity contribution in [3.05, 3.63) is 39.1 Å². The Kier molecular flexibility index (Phi) is 3.30. The van der Waals surface area contributed by atoms with Crippen LogP contribution in [0.5, 0.6) is 0 Å². The minimum Gasteiger partial charge on any atom is -0.337 e. The second-order valence-electron chi connectivity index (χ2n) is 4.23. The maximum Gasteiger partial charge on any atom is 0.177 e. The number of rotatable bonds is 3. The van der Waals surface area contributed by atoms with Gasteiger partial charge in [0.15, 0.2) is 4.77 Å². The molecule has 4 heteroatoms. The van der Waals surface area contributed by atoms with Crippen molar-refractivity contribution in [2.45, 2.75) is 32.7 Å². The third-order valence-electron chi connectivity index (χ3n) is 2.77. The summed E-state index contributed by atoms with van der Waals surface area (Å²) in [6.07, 6.45) is 2.02. The Labute approximate surface area is 105 Å². The molecule has 0 amide bonds. The molecule has 0 saturated heterocycles. The van der Waals surface area contributed by atoms with Crippen molar-refractivity contribution < 1.29 is 0 Å². The Balaban J connectivity index is 2.47. The Morgan fingerprint density at radius 2 is 2.12 bits per heavy atom. The first-order chi connectivity index (χ1) is 7.61. The number of hydrogen-bond donors (Lipinski definition) is 1. The Hall–Kier alpha value is -0.870. The minimum atomic E-state index is 0.316. The fourth-order valence-corrected chi connectivity index (χ4v) is 2.99. The van der Waals surface area contributed by atoms with Crippen molar-refractivity contribution >= 4 is 23.6 Å². The number of hydrogen-bond acceptors (Lipinski definition) is 2. The highest BCUT2D eigenvalue weighted by molar-refractivity contribution is 7.71. The number of thiophene rings is 1. The first-order valence-electron chi connectivity index (χ1n) is 5.44. The summed E-state index contributed by atoms with van der Waals surface area (Å²) in [7, 11) is 0. The molecule has 86 valence electrons. The van der Waals surface area contributed by atoms with Gasteiger partial charge in [-0.1, -0.05) is 19.9 Å². The molecule has 0 bridgehead atoms. The number of imidazole rings is 1. The molecule has 1 atom stereocenters. The first kappa shape index (κ1) is 11.6. The lowest BCUT2D eigenvalue weighted by Gasteiger charge is -2.17. The second kappa shape index (κ2) is 4.55. The minimum absolute atomic E-state index is 0.316. The molecule has 2 aromatic heterocycles. The average molecular weight is 252 g/mol. The summed E-state index contributed by atoms with van der Waals surface area (Å²) in [5.41, 5.74) is 1.27. The molecule has 0 aromatic carbocycles. The van der Waals surface area contributed by atoms with Crippen LogP contribution in [0.1, 0.15) is 43.3 Å². The molecular formula is C12H16N2S2. The van der Waals surface area contributed by atoms with E-state index in [0.29, 0.717) is 12.0 Å². The van der Waals surface area contributed by atoms with Gasteiger partial charge >= 0.3 is 0 Å². The fourth-order valence-electron chi connectivity index (χ4n) is 1.89. The van der Waals surface area contributed by atoms with E-state index in [2.05, 4.69) is 47.8 Å². The lowest BCUT2D eigenvalue weighted by molar-refractivity contribution is 0.590. The van der Waals surface area contributed by atoms with E-state index in [-0.39, 0.29) is 0 Å². The summed E-state index contributed by atoms with van der Waals surface area (Å²) in [4.78, 5) is 4.49. The van der Waals surface area contributed by atoms with Gasteiger partial charge in [0.05, 0.1) is 6.04 Å². The standard InChI is InChI=1S/C12H16N2S2/c1-8(2)10-7-13-12(15)14(10)9(3)11-5-4-6-16-11/h4-9H,1-3H3,(H,13,15). The van der Waals surface area contributed by atoms with Gasteiger partial charge < -0.3 is 9.55 Å². The van der Waals surface area contributed by atoms with Gasteiger partial charge in [-0.15, -0.1) is 11.3 Å². The molecule has 1 N–H and O–H groups in total. The van der Waals surface area contributed by atoms with E-state index in [1.165, 1.54) is 10.6 Å². The van der Waals surface area contributed by atoms with Crippen LogP contribution in [0.2, 0.25) is 0 Å². The molecule has 2 nitrogen and oxygen atoms in total. The van der Waals surface area contributed by atoms with Crippen LogP contribution in [0.3, 0.4) is 0 Å². The van der Waals surface area contributed by atoms with E-state index in [0.717, 1.165) is 4.77 Å². The summed E-state index contributed by atoms with van der Waals surface area (Å²) in [6, 6.07) is 4.56. The van der Waals surface area contributed by atoms with E-state index in [4.69, 9.17) is 12.2 Å². The predicted molar refractivity (Wildman–Crippen MR) is 71.8 cm³/mol. The van der Waals surface area contributed by atoms with E-state index in [1.54, 1.807) is 11.3 Å². The fraction of sp³-hybridized carbons (Fsp3) is 0.417. The average Bonchev–Trinajstić information content (AvgIpc) is 2.84. The summed E-state index contributed by atoms with van der Waals surface area (Å²) in [5.74, 6) is 0.482. The lowest BCUT2D eigenvalue weighted by Crippen LogP contribution is -2.10. The van der Waals surface area contributed by atoms with Gasteiger partial charge in [0, 0.05) is 16.8 Å². The molecule has 0 spiro atoms. The van der Waals surface area contributed by atoms with Crippen LogP contribution >= 0.6 is 23.6 Å². The Morgan fingerprint density at radius 1 is 1.38 bits per heavy atom. The van der Waals surface area contributed by atoms with Gasteiger partial charge in [0.2, 0.25) is 0 Å². The van der Waals surface area contributed by atoms with E-state index < -0.39 is 0 Å². The highest BCUT2D eigenvalue weighted by Crippen LogP contribution is 2.27. The van der Waals surface area contributed by atoms with Crippen LogP contribution < -0.4 is 0 Å². The van der Waals surface area contributed by atoms with E-state index in [1.807, 2.05) is 6.20 Å². The van der Waals surface area contributed by atoms with E-state index in [9.17, 15) is 0 Å². The molecule has 0 aliphatic heterocycles. The summed E-state index contributed by atoms with van der Waals surface area (Å²) < 4.78 is 3.02. The Morgan fingerprint density at radius 3 is 2.69 bits per heavy atom. The molecule has 1 unspecified atom stereocenters. The van der Waals surface area contributed by atoms with Gasteiger partial charge in [-0.05, 0) is 36.5 Å². The monoisotopic (exact) mass is 252 g/mol. The predicted octanol–water partition coefficient (Wildman–Crippen LogP) is 4.34. The molecular weight excluding hydrogens is 236 g/mol. The zero-order chi connectivity index (χ0) is 11.7. The third-order valence-corrected chi connectivity index (χ3v) is 4.13. The highest BCUT2D eigenvalue weighted by Gasteiger charge is 2.15. The number of H-pyrrole nitrogens is 1. The topological polar surface area (TPSA) is 20.7 Å². The van der Waals surface area contributed by atoms with Crippen LogP contribution in [-0.2, 0) is 0 Å². The smallest absolute Gasteiger partial charge is 0.177 e. The lowest BCUT2D eigenvalue weighted by atomic mass is 10.1. The quantitative estimate of drug-likeness (QED) is 0.806. The normalized spacial score (nSPS) is 13.2. The molecule has 0 radical (unpaired) electrons. The van der Waals surface area contributed by atoms with Crippen molar-refractivity contribution in [2.75, 3.05) is 0 Å². The number of aromatic amines is 1. The van der Waals surface area contributed by atoms with Crippen molar-refractivity contribution in [1.29, 1.82) is 0 Å². The van der Waals surface area contributed by atoms with Crippen LogP contribution in [0.25, 0.3) is 0 Å². The summed E-state index contributed by atoms with van der Waals surface area (Å²) in [6.45, 7) is 6.58. The van der Waals surface area contributed by atoms with Gasteiger partial charge in [-0.2, -0.15) is 0 Å². The zero-order valence-electron chi connectivity index (χ0n) is 9.73. The van der Waals surface area contributed by atoms with Crippen molar-refractivity contribution in [2.24, 2.45) is 0 Å². The number of aromatic nitrogens is 2. The molecule has 0 saturated carbocycles. The maximum absolute atomic E-state index is 5.35. The molecule has 0 aliphatic carbocycles. The van der Waals surface area contributed by atoms with Crippen LogP contribution in [0.4, 0.5) is 0 Å². The molecule has 0 fully saturated rings. The highest BCUT2D eigenvalue weighted by atomic mass is 32.1.